The summed E-state index contributed by atoms with van der Waals surface area (Å²) in [5.41, 5.74) is 0.905. The molecule has 2 unspecified atom stereocenters. The van der Waals surface area contributed by atoms with E-state index in [1.165, 1.54) is 0 Å². The molecule has 0 aromatic heterocycles. The quantitative estimate of drug-likeness (QED) is 0.474. The second-order valence-electron chi connectivity index (χ2n) is 10.3. The standard InChI is InChI=1S/C26H33NO8/c1-25(2,3)35-24(31)27-13-12-26-11-10-17(33-21(30)7-5-6-20(28)29)14-19(26)34-23-18(32-4)9-8-16(15-27)22(23)26/h8-11,17,19H,5-7,12-15H2,1-4H3,(H,28,29)/t17-,19?,26?/m0/s1. The van der Waals surface area contributed by atoms with Crippen LogP contribution in [0, 0.1) is 0 Å². The minimum Gasteiger partial charge on any atom is -0.493 e. The van der Waals surface area contributed by atoms with Crippen molar-refractivity contribution in [3.8, 4) is 11.5 Å². The van der Waals surface area contributed by atoms with Crippen molar-refractivity contribution >= 4 is 18.0 Å². The number of carboxylic acid groups (broad SMARTS) is 1. The molecule has 1 amide bonds. The molecule has 9 nitrogen and oxygen atoms in total. The van der Waals surface area contributed by atoms with E-state index in [9.17, 15) is 14.4 Å². The van der Waals surface area contributed by atoms with Crippen LogP contribution in [0.15, 0.2) is 24.3 Å². The first-order valence-corrected chi connectivity index (χ1v) is 12.0. The molecule has 1 N–H and O–H groups in total. The number of carboxylic acids is 1. The van der Waals surface area contributed by atoms with Crippen LogP contribution in [0.4, 0.5) is 4.79 Å². The molecule has 1 aliphatic carbocycles. The van der Waals surface area contributed by atoms with Gasteiger partial charge < -0.3 is 29.0 Å². The third kappa shape index (κ3) is 5.09. The molecule has 0 fully saturated rings. The SMILES string of the molecule is COc1ccc2c3c1OC1C[C@@H](OC(=O)CCCC(=O)O)C=CC31CCN(C(=O)OC(C)(C)C)C2. The van der Waals surface area contributed by atoms with Gasteiger partial charge in [0.25, 0.3) is 0 Å². The Bertz CT molecular complexity index is 1040. The predicted octanol–water partition coefficient (Wildman–Crippen LogP) is 3.96. The highest BCUT2D eigenvalue weighted by molar-refractivity contribution is 5.72. The molecular weight excluding hydrogens is 454 g/mol. The second-order valence-corrected chi connectivity index (χ2v) is 10.3. The van der Waals surface area contributed by atoms with Crippen LogP contribution in [-0.2, 0) is 31.0 Å². The zero-order valence-electron chi connectivity index (χ0n) is 20.7. The summed E-state index contributed by atoms with van der Waals surface area (Å²) < 4.78 is 23.2. The van der Waals surface area contributed by atoms with Crippen LogP contribution in [-0.4, -0.2) is 59.5 Å². The maximum absolute atomic E-state index is 12.9. The Balaban J connectivity index is 1.58. The number of nitrogens with zero attached hydrogens (tertiary/aromatic N) is 1. The number of carbonyl (C=O) groups excluding carboxylic acids is 2. The Hall–Kier alpha value is -3.23. The van der Waals surface area contributed by atoms with E-state index in [1.54, 1.807) is 12.0 Å². The maximum Gasteiger partial charge on any atom is 0.410 e. The van der Waals surface area contributed by atoms with Crippen molar-refractivity contribution < 1.29 is 38.4 Å². The molecule has 0 bridgehead atoms. The molecule has 1 aromatic rings. The summed E-state index contributed by atoms with van der Waals surface area (Å²) in [5.74, 6) is -0.0754. The lowest BCUT2D eigenvalue weighted by atomic mass is 9.69. The van der Waals surface area contributed by atoms with Gasteiger partial charge in [0.15, 0.2) is 11.5 Å². The number of ether oxygens (including phenoxy) is 4. The lowest BCUT2D eigenvalue weighted by Gasteiger charge is -2.36. The highest BCUT2D eigenvalue weighted by Gasteiger charge is 2.53. The first kappa shape index (κ1) is 24.9. The van der Waals surface area contributed by atoms with Crippen LogP contribution in [0.5, 0.6) is 11.5 Å². The van der Waals surface area contributed by atoms with E-state index in [0.29, 0.717) is 37.4 Å². The molecule has 0 saturated heterocycles. The van der Waals surface area contributed by atoms with Crippen LogP contribution in [0.3, 0.4) is 0 Å². The summed E-state index contributed by atoms with van der Waals surface area (Å²) in [6.07, 6.45) is 4.09. The minimum atomic E-state index is -0.937. The monoisotopic (exact) mass is 487 g/mol. The van der Waals surface area contributed by atoms with Crippen molar-refractivity contribution in [2.75, 3.05) is 13.7 Å². The zero-order valence-corrected chi connectivity index (χ0v) is 20.7. The molecule has 0 saturated carbocycles. The number of hydrogen-bond acceptors (Lipinski definition) is 7. The van der Waals surface area contributed by atoms with Crippen LogP contribution in [0.2, 0.25) is 0 Å². The van der Waals surface area contributed by atoms with Gasteiger partial charge >= 0.3 is 18.0 Å². The average Bonchev–Trinajstić information content (AvgIpc) is 2.99. The molecule has 4 rings (SSSR count). The molecule has 3 aliphatic rings. The van der Waals surface area contributed by atoms with Crippen molar-refractivity contribution in [1.29, 1.82) is 0 Å². The number of benzene rings is 1. The fraction of sp³-hybridized carbons (Fsp3) is 0.577. The highest BCUT2D eigenvalue weighted by Crippen LogP contribution is 2.56. The van der Waals surface area contributed by atoms with Crippen molar-refractivity contribution in [3.05, 3.63) is 35.4 Å². The van der Waals surface area contributed by atoms with E-state index in [0.717, 1.165) is 11.1 Å². The summed E-state index contributed by atoms with van der Waals surface area (Å²) in [4.78, 5) is 37.6. The number of esters is 1. The lowest BCUT2D eigenvalue weighted by Crippen LogP contribution is -2.44. The molecule has 35 heavy (non-hydrogen) atoms. The number of rotatable bonds is 6. The minimum absolute atomic E-state index is 0.0519. The van der Waals surface area contributed by atoms with E-state index in [1.807, 2.05) is 45.1 Å². The number of amides is 1. The average molecular weight is 488 g/mol. The van der Waals surface area contributed by atoms with Crippen molar-refractivity contribution in [2.24, 2.45) is 0 Å². The maximum atomic E-state index is 12.9. The van der Waals surface area contributed by atoms with Gasteiger partial charge in [-0.15, -0.1) is 0 Å². The van der Waals surface area contributed by atoms with Gasteiger partial charge in [0.1, 0.15) is 17.8 Å². The number of aliphatic carboxylic acids is 1. The van der Waals surface area contributed by atoms with Gasteiger partial charge in [-0.25, -0.2) is 4.79 Å². The molecule has 9 heteroatoms. The van der Waals surface area contributed by atoms with E-state index < -0.39 is 29.1 Å². The summed E-state index contributed by atoms with van der Waals surface area (Å²) in [5, 5.41) is 8.77. The Morgan fingerprint density at radius 1 is 1.23 bits per heavy atom. The molecule has 1 spiro atoms. The first-order valence-electron chi connectivity index (χ1n) is 12.0. The number of carbonyl (C=O) groups is 3. The third-order valence-corrected chi connectivity index (χ3v) is 6.65. The van der Waals surface area contributed by atoms with Crippen molar-refractivity contribution in [1.82, 2.24) is 4.90 Å². The molecule has 0 radical (unpaired) electrons. The van der Waals surface area contributed by atoms with Gasteiger partial charge in [-0.3, -0.25) is 9.59 Å². The Morgan fingerprint density at radius 2 is 2.00 bits per heavy atom. The molecule has 190 valence electrons. The van der Waals surface area contributed by atoms with Gasteiger partial charge in [-0.05, 0) is 51.3 Å². The smallest absolute Gasteiger partial charge is 0.410 e. The summed E-state index contributed by atoms with van der Waals surface area (Å²) in [6, 6.07) is 3.82. The van der Waals surface area contributed by atoms with Gasteiger partial charge in [0.2, 0.25) is 0 Å². The molecule has 3 atom stereocenters. The van der Waals surface area contributed by atoms with E-state index >= 15 is 0 Å². The van der Waals surface area contributed by atoms with Crippen LogP contribution in [0.1, 0.15) is 64.0 Å². The lowest BCUT2D eigenvalue weighted by molar-refractivity contribution is -0.148. The van der Waals surface area contributed by atoms with E-state index in [-0.39, 0.29) is 31.5 Å². The molecular formula is C26H33NO8. The van der Waals surface area contributed by atoms with E-state index in [2.05, 4.69) is 0 Å². The molecule has 2 aliphatic heterocycles. The Kier molecular flexibility index (Phi) is 6.71. The van der Waals surface area contributed by atoms with Gasteiger partial charge in [-0.1, -0.05) is 12.1 Å². The Labute approximate surface area is 205 Å². The topological polar surface area (TPSA) is 112 Å². The normalized spacial score (nSPS) is 24.5. The fourth-order valence-electron chi connectivity index (χ4n) is 5.11. The van der Waals surface area contributed by atoms with Gasteiger partial charge in [-0.2, -0.15) is 0 Å². The van der Waals surface area contributed by atoms with Crippen molar-refractivity contribution in [2.45, 2.75) is 82.6 Å². The van der Waals surface area contributed by atoms with Gasteiger partial charge in [0.05, 0.1) is 12.5 Å². The zero-order chi connectivity index (χ0) is 25.4. The van der Waals surface area contributed by atoms with Crippen molar-refractivity contribution in [3.63, 3.8) is 0 Å². The predicted molar refractivity (Wildman–Crippen MR) is 125 cm³/mol. The van der Waals surface area contributed by atoms with Crippen LogP contribution >= 0.6 is 0 Å². The number of hydrogen-bond donors (Lipinski definition) is 1. The fourth-order valence-corrected chi connectivity index (χ4v) is 5.11. The van der Waals surface area contributed by atoms with Crippen LogP contribution < -0.4 is 9.47 Å². The molecule has 1 aromatic carbocycles. The Morgan fingerprint density at radius 3 is 2.69 bits per heavy atom. The summed E-state index contributed by atoms with van der Waals surface area (Å²) in [7, 11) is 1.59. The molecule has 2 heterocycles. The highest BCUT2D eigenvalue weighted by atomic mass is 16.6. The van der Waals surface area contributed by atoms with E-state index in [4.69, 9.17) is 24.1 Å². The number of methoxy groups -OCH3 is 1. The van der Waals surface area contributed by atoms with Crippen LogP contribution in [0.25, 0.3) is 0 Å². The van der Waals surface area contributed by atoms with Gasteiger partial charge in [0, 0.05) is 37.9 Å². The second kappa shape index (κ2) is 9.43. The summed E-state index contributed by atoms with van der Waals surface area (Å²) >= 11 is 0. The first-order chi connectivity index (χ1) is 16.5. The third-order valence-electron chi connectivity index (χ3n) is 6.65. The summed E-state index contributed by atoms with van der Waals surface area (Å²) in [6.45, 7) is 6.42. The largest absolute Gasteiger partial charge is 0.493 e.